The molecular formula is C28H26FN3O4. The zero-order valence-corrected chi connectivity index (χ0v) is 20.2. The zero-order valence-electron chi connectivity index (χ0n) is 20.2. The molecule has 0 saturated heterocycles. The summed E-state index contributed by atoms with van der Waals surface area (Å²) in [5.41, 5.74) is 10.8. The molecule has 0 bridgehead atoms. The molecule has 0 saturated carbocycles. The molecule has 2 N–H and O–H groups in total. The molecular weight excluding hydrogens is 461 g/mol. The Morgan fingerprint density at radius 3 is 2.33 bits per heavy atom. The summed E-state index contributed by atoms with van der Waals surface area (Å²) in [5.74, 6) is 1.71. The van der Waals surface area contributed by atoms with E-state index in [1.165, 1.54) is 25.6 Å². The van der Waals surface area contributed by atoms with Gasteiger partial charge in [0.25, 0.3) is 0 Å². The van der Waals surface area contributed by atoms with Crippen LogP contribution in [0.2, 0.25) is 0 Å². The van der Waals surface area contributed by atoms with E-state index in [9.17, 15) is 4.39 Å². The minimum atomic E-state index is -0.572. The van der Waals surface area contributed by atoms with Gasteiger partial charge in [0, 0.05) is 34.7 Å². The highest BCUT2D eigenvalue weighted by atomic mass is 19.1. The standard InChI is InChI=1S/C28H26FN3O4/c1-33-17-24(20-7-11-27(29)31-14-20)23-12-21(15-32-28(23)30)19-6-10-25(26(13-19)35-3)36-16-18-4-8-22(34-2)9-5-18/h4-15,17H,16H2,1-3H3,(H2,30,32). The van der Waals surface area contributed by atoms with Gasteiger partial charge in [-0.3, -0.25) is 0 Å². The van der Waals surface area contributed by atoms with E-state index in [1.807, 2.05) is 48.5 Å². The molecule has 0 fully saturated rings. The van der Waals surface area contributed by atoms with E-state index in [2.05, 4.69) is 9.97 Å². The fourth-order valence-corrected chi connectivity index (χ4v) is 3.64. The number of ether oxygens (including phenoxy) is 4. The predicted octanol–water partition coefficient (Wildman–Crippen LogP) is 5.50. The third-order valence-corrected chi connectivity index (χ3v) is 5.53. The number of halogens is 1. The summed E-state index contributed by atoms with van der Waals surface area (Å²) in [4.78, 5) is 8.11. The second-order valence-corrected chi connectivity index (χ2v) is 7.80. The Labute approximate surface area is 209 Å². The van der Waals surface area contributed by atoms with Crippen LogP contribution in [-0.2, 0) is 11.3 Å². The average Bonchev–Trinajstić information content (AvgIpc) is 2.92. The van der Waals surface area contributed by atoms with Gasteiger partial charge in [0.1, 0.15) is 18.2 Å². The normalized spacial score (nSPS) is 11.2. The van der Waals surface area contributed by atoms with Crippen molar-refractivity contribution in [2.24, 2.45) is 0 Å². The number of hydrogen-bond acceptors (Lipinski definition) is 7. The lowest BCUT2D eigenvalue weighted by Crippen LogP contribution is -2.01. The maximum Gasteiger partial charge on any atom is 0.212 e. The number of pyridine rings is 2. The van der Waals surface area contributed by atoms with Crippen molar-refractivity contribution >= 4 is 11.4 Å². The highest BCUT2D eigenvalue weighted by Gasteiger charge is 2.15. The van der Waals surface area contributed by atoms with Crippen LogP contribution in [0, 0.1) is 5.95 Å². The first-order valence-electron chi connectivity index (χ1n) is 11.1. The molecule has 4 aromatic rings. The lowest BCUT2D eigenvalue weighted by Gasteiger charge is -2.14. The van der Waals surface area contributed by atoms with Gasteiger partial charge in [0.15, 0.2) is 11.5 Å². The van der Waals surface area contributed by atoms with Crippen LogP contribution in [0.1, 0.15) is 16.7 Å². The Balaban J connectivity index is 1.62. The van der Waals surface area contributed by atoms with Crippen molar-refractivity contribution < 1.29 is 23.3 Å². The molecule has 184 valence electrons. The van der Waals surface area contributed by atoms with Crippen LogP contribution in [0.3, 0.4) is 0 Å². The minimum Gasteiger partial charge on any atom is -0.504 e. The number of methoxy groups -OCH3 is 3. The summed E-state index contributed by atoms with van der Waals surface area (Å²) in [7, 11) is 4.75. The second-order valence-electron chi connectivity index (χ2n) is 7.80. The SMILES string of the molecule is COC=C(c1ccc(F)nc1)c1cc(-c2ccc(OCc3ccc(OC)cc3)c(OC)c2)cnc1N. The van der Waals surface area contributed by atoms with E-state index >= 15 is 0 Å². The quantitative estimate of drug-likeness (QED) is 0.246. The van der Waals surface area contributed by atoms with Crippen LogP contribution in [0.25, 0.3) is 16.7 Å². The van der Waals surface area contributed by atoms with Gasteiger partial charge in [0.05, 0.1) is 27.6 Å². The number of nitrogens with zero attached hydrogens (tertiary/aromatic N) is 2. The van der Waals surface area contributed by atoms with Gasteiger partial charge in [-0.1, -0.05) is 18.2 Å². The number of nitrogen functional groups attached to an aromatic ring is 1. The van der Waals surface area contributed by atoms with Crippen molar-refractivity contribution in [3.8, 4) is 28.4 Å². The van der Waals surface area contributed by atoms with Crippen LogP contribution in [0.4, 0.5) is 10.2 Å². The molecule has 4 rings (SSSR count). The van der Waals surface area contributed by atoms with Crippen molar-refractivity contribution in [2.75, 3.05) is 27.1 Å². The fourth-order valence-electron chi connectivity index (χ4n) is 3.64. The van der Waals surface area contributed by atoms with Gasteiger partial charge in [-0.15, -0.1) is 0 Å². The molecule has 36 heavy (non-hydrogen) atoms. The number of hydrogen-bond donors (Lipinski definition) is 1. The molecule has 2 heterocycles. The summed E-state index contributed by atoms with van der Waals surface area (Å²) >= 11 is 0. The Kier molecular flexibility index (Phi) is 7.65. The Morgan fingerprint density at radius 2 is 1.67 bits per heavy atom. The van der Waals surface area contributed by atoms with Crippen molar-refractivity contribution in [1.82, 2.24) is 9.97 Å². The lowest BCUT2D eigenvalue weighted by molar-refractivity contribution is 0.284. The molecule has 0 amide bonds. The Bertz CT molecular complexity index is 1360. The molecule has 0 radical (unpaired) electrons. The maximum absolute atomic E-state index is 13.4. The smallest absolute Gasteiger partial charge is 0.212 e. The first-order valence-corrected chi connectivity index (χ1v) is 11.1. The third kappa shape index (κ3) is 5.55. The van der Waals surface area contributed by atoms with E-state index in [1.54, 1.807) is 26.5 Å². The van der Waals surface area contributed by atoms with Crippen LogP contribution in [0.5, 0.6) is 17.2 Å². The van der Waals surface area contributed by atoms with Crippen molar-refractivity contribution in [3.05, 3.63) is 102 Å². The van der Waals surface area contributed by atoms with Gasteiger partial charge in [-0.25, -0.2) is 9.97 Å². The van der Waals surface area contributed by atoms with Crippen molar-refractivity contribution in [1.29, 1.82) is 0 Å². The first-order chi connectivity index (χ1) is 17.5. The predicted molar refractivity (Wildman–Crippen MR) is 136 cm³/mol. The summed E-state index contributed by atoms with van der Waals surface area (Å²) in [6, 6.07) is 18.1. The molecule has 2 aromatic heterocycles. The number of aromatic nitrogens is 2. The number of nitrogens with two attached hydrogens (primary N) is 1. The largest absolute Gasteiger partial charge is 0.504 e. The molecule has 0 atom stereocenters. The number of anilines is 1. The first kappa shape index (κ1) is 24.5. The van der Waals surface area contributed by atoms with Crippen LogP contribution < -0.4 is 19.9 Å². The highest BCUT2D eigenvalue weighted by Crippen LogP contribution is 2.35. The van der Waals surface area contributed by atoms with Gasteiger partial charge in [0.2, 0.25) is 5.95 Å². The molecule has 2 aromatic carbocycles. The maximum atomic E-state index is 13.4. The van der Waals surface area contributed by atoms with Crippen LogP contribution in [-0.4, -0.2) is 31.3 Å². The molecule has 0 spiro atoms. The van der Waals surface area contributed by atoms with E-state index in [-0.39, 0.29) is 0 Å². The van der Waals surface area contributed by atoms with E-state index in [0.29, 0.717) is 40.6 Å². The summed E-state index contributed by atoms with van der Waals surface area (Å²) in [6.45, 7) is 0.379. The molecule has 8 heteroatoms. The molecule has 0 aliphatic carbocycles. The minimum absolute atomic E-state index is 0.304. The Morgan fingerprint density at radius 1 is 0.861 bits per heavy atom. The van der Waals surface area contributed by atoms with Crippen molar-refractivity contribution in [2.45, 2.75) is 6.61 Å². The van der Waals surface area contributed by atoms with E-state index < -0.39 is 5.95 Å². The monoisotopic (exact) mass is 487 g/mol. The number of benzene rings is 2. The van der Waals surface area contributed by atoms with Crippen LogP contribution >= 0.6 is 0 Å². The summed E-state index contributed by atoms with van der Waals surface area (Å²) in [6.07, 6.45) is 4.63. The van der Waals surface area contributed by atoms with Crippen molar-refractivity contribution in [3.63, 3.8) is 0 Å². The van der Waals surface area contributed by atoms with Gasteiger partial charge in [-0.2, -0.15) is 4.39 Å². The fraction of sp³-hybridized carbons (Fsp3) is 0.143. The molecule has 0 unspecified atom stereocenters. The van der Waals surface area contributed by atoms with E-state index in [0.717, 1.165) is 22.4 Å². The Hall–Kier alpha value is -4.59. The summed E-state index contributed by atoms with van der Waals surface area (Å²) < 4.78 is 35.4. The lowest BCUT2D eigenvalue weighted by atomic mass is 9.97. The third-order valence-electron chi connectivity index (χ3n) is 5.53. The molecule has 0 aliphatic heterocycles. The molecule has 7 nitrogen and oxygen atoms in total. The summed E-state index contributed by atoms with van der Waals surface area (Å²) in [5, 5.41) is 0. The average molecular weight is 488 g/mol. The topological polar surface area (TPSA) is 88.7 Å². The zero-order chi connectivity index (χ0) is 25.5. The molecule has 0 aliphatic rings. The highest BCUT2D eigenvalue weighted by molar-refractivity contribution is 5.86. The van der Waals surface area contributed by atoms with Gasteiger partial charge >= 0.3 is 0 Å². The number of rotatable bonds is 9. The second kappa shape index (κ2) is 11.2. The van der Waals surface area contributed by atoms with Gasteiger partial charge < -0.3 is 24.7 Å². The van der Waals surface area contributed by atoms with Gasteiger partial charge in [-0.05, 0) is 53.6 Å². The van der Waals surface area contributed by atoms with E-state index in [4.69, 9.17) is 24.7 Å². The van der Waals surface area contributed by atoms with Crippen LogP contribution in [0.15, 0.2) is 79.3 Å².